The van der Waals surface area contributed by atoms with E-state index in [9.17, 15) is 20.1 Å². The second kappa shape index (κ2) is 9.25. The molecular formula is C19H27NO6. The van der Waals surface area contributed by atoms with Gasteiger partial charge in [-0.25, -0.2) is 0 Å². The summed E-state index contributed by atoms with van der Waals surface area (Å²) in [6, 6.07) is 7.97. The number of hydrogen-bond acceptors (Lipinski definition) is 7. The molecule has 1 aromatic carbocycles. The van der Waals surface area contributed by atoms with Crippen molar-refractivity contribution >= 4 is 11.5 Å². The third-order valence-corrected chi connectivity index (χ3v) is 4.50. The highest BCUT2D eigenvalue weighted by atomic mass is 16.5. The molecule has 1 fully saturated rings. The Bertz CT molecular complexity index is 613. The van der Waals surface area contributed by atoms with E-state index in [0.29, 0.717) is 6.42 Å². The Morgan fingerprint density at radius 3 is 2.27 bits per heavy atom. The SMILES string of the molecule is CN(C)c1ccc(C/C=C/C(=O)C[C@@H]2O[C@H](CO)[C@H](O)[C@H](O)[C@H]2O)cc1. The average Bonchev–Trinajstić information content (AvgIpc) is 2.62. The molecular weight excluding hydrogens is 338 g/mol. The first-order valence-electron chi connectivity index (χ1n) is 8.59. The first kappa shape index (κ1) is 20.5. The van der Waals surface area contributed by atoms with Gasteiger partial charge in [0.1, 0.15) is 24.4 Å². The lowest BCUT2D eigenvalue weighted by Gasteiger charge is -2.39. The molecule has 1 heterocycles. The average molecular weight is 365 g/mol. The largest absolute Gasteiger partial charge is 0.394 e. The highest BCUT2D eigenvalue weighted by Crippen LogP contribution is 2.23. The summed E-state index contributed by atoms with van der Waals surface area (Å²) in [5.74, 6) is -0.265. The Balaban J connectivity index is 1.88. The van der Waals surface area contributed by atoms with Gasteiger partial charge in [0.15, 0.2) is 5.78 Å². The molecule has 144 valence electrons. The number of aliphatic hydroxyl groups is 4. The molecule has 4 N–H and O–H groups in total. The number of benzene rings is 1. The molecule has 2 rings (SSSR count). The Hall–Kier alpha value is -1.77. The highest BCUT2D eigenvalue weighted by Gasteiger charge is 2.43. The van der Waals surface area contributed by atoms with Crippen molar-refractivity contribution in [1.82, 2.24) is 0 Å². The van der Waals surface area contributed by atoms with Crippen LogP contribution in [-0.4, -0.2) is 77.4 Å². The van der Waals surface area contributed by atoms with Crippen LogP contribution in [0.15, 0.2) is 36.4 Å². The lowest BCUT2D eigenvalue weighted by molar-refractivity contribution is -0.229. The van der Waals surface area contributed by atoms with E-state index in [2.05, 4.69) is 0 Å². The molecule has 0 bridgehead atoms. The van der Waals surface area contributed by atoms with Gasteiger partial charge in [-0.1, -0.05) is 18.2 Å². The summed E-state index contributed by atoms with van der Waals surface area (Å²) in [7, 11) is 3.93. The molecule has 26 heavy (non-hydrogen) atoms. The van der Waals surface area contributed by atoms with Gasteiger partial charge >= 0.3 is 0 Å². The van der Waals surface area contributed by atoms with Gasteiger partial charge in [0.2, 0.25) is 0 Å². The van der Waals surface area contributed by atoms with Crippen LogP contribution >= 0.6 is 0 Å². The van der Waals surface area contributed by atoms with Crippen LogP contribution in [0.25, 0.3) is 0 Å². The van der Waals surface area contributed by atoms with E-state index in [4.69, 9.17) is 9.84 Å². The fourth-order valence-corrected chi connectivity index (χ4v) is 2.87. The molecule has 0 aliphatic carbocycles. The number of carbonyl (C=O) groups is 1. The van der Waals surface area contributed by atoms with E-state index in [1.807, 2.05) is 43.3 Å². The molecule has 7 heteroatoms. The summed E-state index contributed by atoms with van der Waals surface area (Å²) in [5.41, 5.74) is 2.16. The Labute approximate surface area is 153 Å². The summed E-state index contributed by atoms with van der Waals surface area (Å²) in [6.07, 6.45) is -2.62. The summed E-state index contributed by atoms with van der Waals surface area (Å²) >= 11 is 0. The lowest BCUT2D eigenvalue weighted by Crippen LogP contribution is -2.58. The number of aliphatic hydroxyl groups excluding tert-OH is 4. The second-order valence-corrected chi connectivity index (χ2v) is 6.71. The number of carbonyl (C=O) groups excluding carboxylic acids is 1. The van der Waals surface area contributed by atoms with Crippen molar-refractivity contribution in [2.45, 2.75) is 43.4 Å². The zero-order valence-corrected chi connectivity index (χ0v) is 15.0. The lowest BCUT2D eigenvalue weighted by atomic mass is 9.92. The number of allylic oxidation sites excluding steroid dienone is 2. The van der Waals surface area contributed by atoms with Crippen LogP contribution in [-0.2, 0) is 16.0 Å². The van der Waals surface area contributed by atoms with Crippen molar-refractivity contribution in [3.05, 3.63) is 42.0 Å². The maximum Gasteiger partial charge on any atom is 0.158 e. The van der Waals surface area contributed by atoms with Gasteiger partial charge in [-0.15, -0.1) is 0 Å². The molecule has 0 saturated carbocycles. The van der Waals surface area contributed by atoms with E-state index in [-0.39, 0.29) is 12.2 Å². The topological polar surface area (TPSA) is 110 Å². The van der Waals surface area contributed by atoms with Gasteiger partial charge < -0.3 is 30.1 Å². The molecule has 1 aliphatic heterocycles. The van der Waals surface area contributed by atoms with Crippen molar-refractivity contribution in [2.24, 2.45) is 0 Å². The molecule has 1 aliphatic rings. The molecule has 0 unspecified atom stereocenters. The fraction of sp³-hybridized carbons (Fsp3) is 0.526. The van der Waals surface area contributed by atoms with Crippen LogP contribution < -0.4 is 4.90 Å². The van der Waals surface area contributed by atoms with Crippen molar-refractivity contribution < 1.29 is 30.0 Å². The van der Waals surface area contributed by atoms with Gasteiger partial charge in [-0.2, -0.15) is 0 Å². The number of ketones is 1. The third kappa shape index (κ3) is 5.12. The quantitative estimate of drug-likeness (QED) is 0.489. The van der Waals surface area contributed by atoms with Crippen LogP contribution in [0.3, 0.4) is 0 Å². The van der Waals surface area contributed by atoms with E-state index < -0.39 is 37.1 Å². The van der Waals surface area contributed by atoms with Crippen LogP contribution in [0.2, 0.25) is 0 Å². The Morgan fingerprint density at radius 2 is 1.69 bits per heavy atom. The molecule has 0 radical (unpaired) electrons. The minimum absolute atomic E-state index is 0.141. The van der Waals surface area contributed by atoms with Gasteiger partial charge in [-0.05, 0) is 30.2 Å². The standard InChI is InChI=1S/C19H27NO6/c1-20(2)13-8-6-12(7-9-13)4-3-5-14(22)10-15-17(23)19(25)18(24)16(11-21)26-15/h3,5-9,15-19,21,23-25H,4,10-11H2,1-2H3/b5-3+/t15-,16+,17-,18-,19+/m0/s1. The number of ether oxygens (including phenoxy) is 1. The number of anilines is 1. The first-order chi connectivity index (χ1) is 12.3. The first-order valence-corrected chi connectivity index (χ1v) is 8.59. The van der Waals surface area contributed by atoms with E-state index >= 15 is 0 Å². The van der Waals surface area contributed by atoms with Gasteiger partial charge in [0, 0.05) is 26.2 Å². The maximum atomic E-state index is 12.1. The summed E-state index contributed by atoms with van der Waals surface area (Å²) in [4.78, 5) is 14.1. The van der Waals surface area contributed by atoms with Gasteiger partial charge in [0.25, 0.3) is 0 Å². The fourth-order valence-electron chi connectivity index (χ4n) is 2.87. The van der Waals surface area contributed by atoms with E-state index in [1.165, 1.54) is 6.08 Å². The summed E-state index contributed by atoms with van der Waals surface area (Å²) in [6.45, 7) is -0.506. The zero-order valence-electron chi connectivity index (χ0n) is 15.0. The van der Waals surface area contributed by atoms with E-state index in [0.717, 1.165) is 11.3 Å². The van der Waals surface area contributed by atoms with E-state index in [1.54, 1.807) is 6.08 Å². The van der Waals surface area contributed by atoms with Crippen molar-refractivity contribution in [3.8, 4) is 0 Å². The predicted molar refractivity (Wildman–Crippen MR) is 97.0 cm³/mol. The molecule has 1 aromatic rings. The zero-order chi connectivity index (χ0) is 19.3. The van der Waals surface area contributed by atoms with Gasteiger partial charge in [-0.3, -0.25) is 4.79 Å². The minimum Gasteiger partial charge on any atom is -0.394 e. The normalized spacial score (nSPS) is 29.1. The Morgan fingerprint density at radius 1 is 1.08 bits per heavy atom. The smallest absolute Gasteiger partial charge is 0.158 e. The van der Waals surface area contributed by atoms with Crippen molar-refractivity contribution in [1.29, 1.82) is 0 Å². The number of hydrogen-bond donors (Lipinski definition) is 4. The number of rotatable bonds is 7. The van der Waals surface area contributed by atoms with Crippen molar-refractivity contribution in [3.63, 3.8) is 0 Å². The Kier molecular flexibility index (Phi) is 7.31. The maximum absolute atomic E-state index is 12.1. The van der Waals surface area contributed by atoms with Crippen LogP contribution in [0.1, 0.15) is 12.0 Å². The monoisotopic (exact) mass is 365 g/mol. The van der Waals surface area contributed by atoms with Crippen LogP contribution in [0, 0.1) is 0 Å². The second-order valence-electron chi connectivity index (χ2n) is 6.71. The highest BCUT2D eigenvalue weighted by molar-refractivity contribution is 5.90. The summed E-state index contributed by atoms with van der Waals surface area (Å²) in [5, 5.41) is 38.6. The third-order valence-electron chi connectivity index (χ3n) is 4.50. The molecule has 0 amide bonds. The molecule has 0 aromatic heterocycles. The van der Waals surface area contributed by atoms with Gasteiger partial charge in [0.05, 0.1) is 12.7 Å². The summed E-state index contributed by atoms with van der Waals surface area (Å²) < 4.78 is 5.33. The molecule has 5 atom stereocenters. The molecule has 1 saturated heterocycles. The molecule has 7 nitrogen and oxygen atoms in total. The van der Waals surface area contributed by atoms with Crippen molar-refractivity contribution in [2.75, 3.05) is 25.6 Å². The molecule has 0 spiro atoms. The predicted octanol–water partition coefficient (Wildman–Crippen LogP) is -0.347. The minimum atomic E-state index is -1.46. The van der Waals surface area contributed by atoms with Crippen LogP contribution in [0.5, 0.6) is 0 Å². The van der Waals surface area contributed by atoms with Crippen LogP contribution in [0.4, 0.5) is 5.69 Å². The number of nitrogens with zero attached hydrogens (tertiary/aromatic N) is 1.